The van der Waals surface area contributed by atoms with Crippen LogP contribution in [0.3, 0.4) is 0 Å². The lowest BCUT2D eigenvalue weighted by atomic mass is 10.2. The van der Waals surface area contributed by atoms with E-state index in [-0.39, 0.29) is 11.6 Å². The monoisotopic (exact) mass is 337 g/mol. The van der Waals surface area contributed by atoms with Crippen LogP contribution in [0.1, 0.15) is 18.7 Å². The van der Waals surface area contributed by atoms with E-state index in [4.69, 9.17) is 4.42 Å². The van der Waals surface area contributed by atoms with Gasteiger partial charge in [-0.3, -0.25) is 14.7 Å². The molecule has 7 nitrogen and oxygen atoms in total. The fourth-order valence-electron chi connectivity index (χ4n) is 3.26. The van der Waals surface area contributed by atoms with Gasteiger partial charge in [0, 0.05) is 30.1 Å². The maximum absolute atomic E-state index is 12.2. The predicted octanol–water partition coefficient (Wildman–Crippen LogP) is 1.96. The van der Waals surface area contributed by atoms with Crippen molar-refractivity contribution in [1.29, 1.82) is 0 Å². The third-order valence-corrected chi connectivity index (χ3v) is 4.53. The number of likely N-dealkylation sites (tertiary alicyclic amines) is 1. The van der Waals surface area contributed by atoms with Crippen molar-refractivity contribution in [3.05, 3.63) is 65.4 Å². The van der Waals surface area contributed by atoms with Crippen LogP contribution in [0.5, 0.6) is 0 Å². The summed E-state index contributed by atoms with van der Waals surface area (Å²) in [6, 6.07) is 7.37. The van der Waals surface area contributed by atoms with Crippen molar-refractivity contribution in [2.24, 2.45) is 0 Å². The van der Waals surface area contributed by atoms with E-state index in [0.29, 0.717) is 19.0 Å². The molecule has 0 bridgehead atoms. The number of hydrogen-bond donors (Lipinski definition) is 0. The average molecular weight is 337 g/mol. The van der Waals surface area contributed by atoms with E-state index in [2.05, 4.69) is 20.0 Å². The summed E-state index contributed by atoms with van der Waals surface area (Å²) >= 11 is 0. The minimum Gasteiger partial charge on any atom is -0.448 e. The van der Waals surface area contributed by atoms with E-state index in [9.17, 15) is 4.79 Å². The Bertz CT molecular complexity index is 876. The second-order valence-corrected chi connectivity index (χ2v) is 6.17. The standard InChI is InChI=1S/C18H19N5O2/c24-18-6-5-16(14-3-1-7-19-11-14)21-23(18)12-15-4-2-9-22(15)13-17-20-8-10-25-17/h1,3,5-8,10-11,15H,2,4,9,12-13H2. The zero-order valence-corrected chi connectivity index (χ0v) is 13.8. The van der Waals surface area contributed by atoms with Gasteiger partial charge in [-0.15, -0.1) is 0 Å². The molecule has 1 aliphatic heterocycles. The van der Waals surface area contributed by atoms with E-state index in [1.165, 1.54) is 0 Å². The Labute approximate surface area is 145 Å². The van der Waals surface area contributed by atoms with E-state index in [1.54, 1.807) is 41.7 Å². The van der Waals surface area contributed by atoms with Gasteiger partial charge in [-0.1, -0.05) is 0 Å². The third kappa shape index (κ3) is 3.51. The Balaban J connectivity index is 1.54. The molecule has 1 fully saturated rings. The summed E-state index contributed by atoms with van der Waals surface area (Å²) in [5.74, 6) is 0.705. The molecule has 1 aliphatic rings. The summed E-state index contributed by atoms with van der Waals surface area (Å²) in [6.45, 7) is 2.20. The Morgan fingerprint density at radius 3 is 3.00 bits per heavy atom. The van der Waals surface area contributed by atoms with Crippen LogP contribution in [0, 0.1) is 0 Å². The van der Waals surface area contributed by atoms with Crippen molar-refractivity contribution in [3.8, 4) is 11.3 Å². The van der Waals surface area contributed by atoms with Gasteiger partial charge in [-0.05, 0) is 37.6 Å². The highest BCUT2D eigenvalue weighted by Crippen LogP contribution is 2.21. The van der Waals surface area contributed by atoms with Crippen molar-refractivity contribution < 1.29 is 4.42 Å². The van der Waals surface area contributed by atoms with Crippen molar-refractivity contribution in [2.75, 3.05) is 6.54 Å². The first-order chi connectivity index (χ1) is 12.3. The molecule has 0 spiro atoms. The Kier molecular flexibility index (Phi) is 4.39. The molecule has 0 N–H and O–H groups in total. The van der Waals surface area contributed by atoms with Gasteiger partial charge < -0.3 is 4.42 Å². The smallest absolute Gasteiger partial charge is 0.266 e. The van der Waals surface area contributed by atoms with Crippen molar-refractivity contribution >= 4 is 0 Å². The summed E-state index contributed by atoms with van der Waals surface area (Å²) in [4.78, 5) is 22.9. The molecule has 7 heteroatoms. The predicted molar refractivity (Wildman–Crippen MR) is 91.7 cm³/mol. The van der Waals surface area contributed by atoms with Crippen LogP contribution in [0.4, 0.5) is 0 Å². The molecule has 1 unspecified atom stereocenters. The Morgan fingerprint density at radius 2 is 2.20 bits per heavy atom. The summed E-state index contributed by atoms with van der Waals surface area (Å²) in [6.07, 6.45) is 8.85. The Morgan fingerprint density at radius 1 is 1.24 bits per heavy atom. The van der Waals surface area contributed by atoms with Gasteiger partial charge in [0.25, 0.3) is 5.56 Å². The van der Waals surface area contributed by atoms with Gasteiger partial charge in [-0.25, -0.2) is 9.67 Å². The van der Waals surface area contributed by atoms with Crippen LogP contribution in [0.25, 0.3) is 11.3 Å². The quantitative estimate of drug-likeness (QED) is 0.708. The zero-order valence-electron chi connectivity index (χ0n) is 13.8. The van der Waals surface area contributed by atoms with Crippen LogP contribution in [0.2, 0.25) is 0 Å². The maximum Gasteiger partial charge on any atom is 0.266 e. The van der Waals surface area contributed by atoms with E-state index in [1.807, 2.05) is 12.1 Å². The summed E-state index contributed by atoms with van der Waals surface area (Å²) in [7, 11) is 0. The lowest BCUT2D eigenvalue weighted by molar-refractivity contribution is 0.198. The van der Waals surface area contributed by atoms with E-state index < -0.39 is 0 Å². The molecule has 0 amide bonds. The summed E-state index contributed by atoms with van der Waals surface area (Å²) in [5.41, 5.74) is 1.57. The molecule has 3 aromatic heterocycles. The molecule has 3 aromatic rings. The van der Waals surface area contributed by atoms with Crippen LogP contribution < -0.4 is 5.56 Å². The molecule has 1 atom stereocenters. The van der Waals surface area contributed by atoms with Gasteiger partial charge >= 0.3 is 0 Å². The lowest BCUT2D eigenvalue weighted by Gasteiger charge is -2.23. The molecule has 0 saturated carbocycles. The molecule has 0 aliphatic carbocycles. The minimum absolute atomic E-state index is 0.0874. The number of rotatable bonds is 5. The normalized spacial score (nSPS) is 17.8. The second-order valence-electron chi connectivity index (χ2n) is 6.17. The SMILES string of the molecule is O=c1ccc(-c2cccnc2)nn1CC1CCCN1Cc1ncco1. The van der Waals surface area contributed by atoms with Crippen LogP contribution >= 0.6 is 0 Å². The number of aromatic nitrogens is 4. The number of oxazole rings is 1. The average Bonchev–Trinajstić information content (AvgIpc) is 3.31. The minimum atomic E-state index is -0.0874. The number of pyridine rings is 1. The fraction of sp³-hybridized carbons (Fsp3) is 0.333. The first-order valence-corrected chi connectivity index (χ1v) is 8.40. The molecule has 1 saturated heterocycles. The van der Waals surface area contributed by atoms with Crippen molar-refractivity contribution in [2.45, 2.75) is 32.0 Å². The second kappa shape index (κ2) is 6.98. The topological polar surface area (TPSA) is 77.1 Å². The van der Waals surface area contributed by atoms with Gasteiger partial charge in [0.1, 0.15) is 6.26 Å². The maximum atomic E-state index is 12.2. The summed E-state index contributed by atoms with van der Waals surface area (Å²) < 4.78 is 6.91. The number of hydrogen-bond acceptors (Lipinski definition) is 6. The highest BCUT2D eigenvalue weighted by atomic mass is 16.3. The fourth-order valence-corrected chi connectivity index (χ4v) is 3.26. The molecule has 4 rings (SSSR count). The first kappa shape index (κ1) is 15.7. The zero-order chi connectivity index (χ0) is 17.1. The lowest BCUT2D eigenvalue weighted by Crippen LogP contribution is -2.36. The van der Waals surface area contributed by atoms with Crippen molar-refractivity contribution in [3.63, 3.8) is 0 Å². The van der Waals surface area contributed by atoms with Gasteiger partial charge in [0.05, 0.1) is 25.0 Å². The van der Waals surface area contributed by atoms with Crippen LogP contribution in [-0.2, 0) is 13.1 Å². The highest BCUT2D eigenvalue weighted by Gasteiger charge is 2.26. The van der Waals surface area contributed by atoms with E-state index >= 15 is 0 Å². The van der Waals surface area contributed by atoms with E-state index in [0.717, 1.165) is 30.6 Å². The van der Waals surface area contributed by atoms with Gasteiger partial charge in [-0.2, -0.15) is 5.10 Å². The highest BCUT2D eigenvalue weighted by molar-refractivity contribution is 5.56. The molecule has 0 radical (unpaired) electrons. The van der Waals surface area contributed by atoms with Crippen LogP contribution in [0.15, 0.2) is 58.3 Å². The molecule has 128 valence electrons. The van der Waals surface area contributed by atoms with Crippen LogP contribution in [-0.4, -0.2) is 37.2 Å². The first-order valence-electron chi connectivity index (χ1n) is 8.40. The molecule has 4 heterocycles. The van der Waals surface area contributed by atoms with Crippen molar-refractivity contribution in [1.82, 2.24) is 24.6 Å². The third-order valence-electron chi connectivity index (χ3n) is 4.53. The number of nitrogens with zero attached hydrogens (tertiary/aromatic N) is 5. The molecular weight excluding hydrogens is 318 g/mol. The van der Waals surface area contributed by atoms with Gasteiger partial charge in [0.2, 0.25) is 5.89 Å². The summed E-state index contributed by atoms with van der Waals surface area (Å²) in [5, 5.41) is 4.54. The molecule has 25 heavy (non-hydrogen) atoms. The molecular formula is C18H19N5O2. The Hall–Kier alpha value is -2.80. The van der Waals surface area contributed by atoms with Gasteiger partial charge in [0.15, 0.2) is 0 Å². The largest absolute Gasteiger partial charge is 0.448 e. The molecule has 0 aromatic carbocycles.